The molecule has 0 heterocycles. The van der Waals surface area contributed by atoms with Crippen molar-refractivity contribution in [3.63, 3.8) is 0 Å². The highest BCUT2D eigenvalue weighted by Crippen LogP contribution is 2.33. The van der Waals surface area contributed by atoms with E-state index in [0.29, 0.717) is 18.8 Å². The van der Waals surface area contributed by atoms with Crippen molar-refractivity contribution in [1.29, 1.82) is 0 Å². The molecule has 0 fully saturated rings. The van der Waals surface area contributed by atoms with Crippen molar-refractivity contribution in [2.24, 2.45) is 0 Å². The third-order valence-electron chi connectivity index (χ3n) is 4.19. The van der Waals surface area contributed by atoms with Crippen LogP contribution in [0, 0.1) is 0 Å². The minimum atomic E-state index is -0.121. The highest BCUT2D eigenvalue weighted by molar-refractivity contribution is 6.06. The number of allylic oxidation sites excluding steroid dienone is 1. The van der Waals surface area contributed by atoms with Gasteiger partial charge in [0.1, 0.15) is 17.2 Å². The summed E-state index contributed by atoms with van der Waals surface area (Å²) in [6.45, 7) is 7.58. The Bertz CT molecular complexity index is 762. The summed E-state index contributed by atoms with van der Waals surface area (Å²) in [6, 6.07) is 10.2. The number of ketones is 1. The fraction of sp³-hybridized carbons (Fsp3) is 0.375. The number of carbonyl (C=O) groups excluding carboxylic acids is 1. The summed E-state index contributed by atoms with van der Waals surface area (Å²) < 4.78 is 12.0. The minimum Gasteiger partial charge on any atom is -0.508 e. The molecule has 2 aromatic carbocycles. The molecular weight excluding hydrogens is 352 g/mol. The Morgan fingerprint density at radius 2 is 1.50 bits per heavy atom. The Morgan fingerprint density at radius 3 is 2.00 bits per heavy atom. The van der Waals surface area contributed by atoms with Gasteiger partial charge in [0.05, 0.1) is 13.2 Å². The molecule has 4 nitrogen and oxygen atoms in total. The highest BCUT2D eigenvalue weighted by Gasteiger charge is 2.13. The summed E-state index contributed by atoms with van der Waals surface area (Å²) in [7, 11) is 0. The first-order valence-corrected chi connectivity index (χ1v) is 10.0. The lowest BCUT2D eigenvalue weighted by Crippen LogP contribution is -2.04. The molecule has 2 aromatic rings. The second-order valence-electron chi connectivity index (χ2n) is 6.69. The van der Waals surface area contributed by atoms with Crippen molar-refractivity contribution < 1.29 is 19.4 Å². The molecule has 0 radical (unpaired) electrons. The number of phenolic OH excluding ortho intramolecular Hbond substituents is 1. The Morgan fingerprint density at radius 1 is 0.929 bits per heavy atom. The molecule has 0 spiro atoms. The van der Waals surface area contributed by atoms with Crippen molar-refractivity contribution >= 4 is 11.9 Å². The quantitative estimate of drug-likeness (QED) is 0.393. The van der Waals surface area contributed by atoms with E-state index in [-0.39, 0.29) is 11.5 Å². The molecule has 0 unspecified atom stereocenters. The molecular formula is C24H30O4. The Hall–Kier alpha value is -2.75. The molecule has 150 valence electrons. The summed E-state index contributed by atoms with van der Waals surface area (Å²) in [6.07, 6.45) is 7.05. The van der Waals surface area contributed by atoms with Crippen LogP contribution in [-0.2, 0) is 6.42 Å². The molecule has 0 aliphatic rings. The molecule has 2 rings (SSSR count). The molecule has 1 N–H and O–H groups in total. The largest absolute Gasteiger partial charge is 0.508 e. The van der Waals surface area contributed by atoms with Crippen LogP contribution >= 0.6 is 0 Å². The number of hydrogen-bond donors (Lipinski definition) is 1. The van der Waals surface area contributed by atoms with Gasteiger partial charge in [-0.1, -0.05) is 33.3 Å². The second-order valence-corrected chi connectivity index (χ2v) is 6.69. The number of hydrogen-bond acceptors (Lipinski definition) is 4. The van der Waals surface area contributed by atoms with Gasteiger partial charge in [-0.25, -0.2) is 0 Å². The predicted octanol–water partition coefficient (Wildman–Crippen LogP) is 5.82. The van der Waals surface area contributed by atoms with Crippen molar-refractivity contribution in [3.8, 4) is 17.2 Å². The van der Waals surface area contributed by atoms with E-state index in [1.165, 1.54) is 18.2 Å². The summed E-state index contributed by atoms with van der Waals surface area (Å²) in [4.78, 5) is 12.4. The molecule has 0 aromatic heterocycles. The maximum absolute atomic E-state index is 12.4. The Labute approximate surface area is 167 Å². The van der Waals surface area contributed by atoms with Gasteiger partial charge in [0.15, 0.2) is 5.78 Å². The Kier molecular flexibility index (Phi) is 8.60. The van der Waals surface area contributed by atoms with Crippen molar-refractivity contribution in [2.75, 3.05) is 13.2 Å². The zero-order chi connectivity index (χ0) is 20.4. The van der Waals surface area contributed by atoms with Crippen LogP contribution in [0.1, 0.15) is 61.5 Å². The van der Waals surface area contributed by atoms with Crippen LogP contribution in [0.2, 0.25) is 0 Å². The fourth-order valence-corrected chi connectivity index (χ4v) is 2.81. The lowest BCUT2D eigenvalue weighted by atomic mass is 10.0. The first kappa shape index (κ1) is 21.5. The average Bonchev–Trinajstić information content (AvgIpc) is 2.71. The van der Waals surface area contributed by atoms with Crippen molar-refractivity contribution in [3.05, 3.63) is 59.2 Å². The van der Waals surface area contributed by atoms with E-state index < -0.39 is 0 Å². The van der Waals surface area contributed by atoms with Crippen molar-refractivity contribution in [1.82, 2.24) is 0 Å². The Balaban J connectivity index is 2.33. The van der Waals surface area contributed by atoms with Crippen LogP contribution in [0.4, 0.5) is 0 Å². The lowest BCUT2D eigenvalue weighted by Gasteiger charge is -2.17. The van der Waals surface area contributed by atoms with Gasteiger partial charge in [-0.05, 0) is 67.3 Å². The van der Waals surface area contributed by atoms with Crippen LogP contribution in [0.25, 0.3) is 6.08 Å². The normalized spacial score (nSPS) is 11.0. The van der Waals surface area contributed by atoms with Crippen LogP contribution < -0.4 is 9.47 Å². The summed E-state index contributed by atoms with van der Waals surface area (Å²) in [5, 5.41) is 9.36. The van der Waals surface area contributed by atoms with Gasteiger partial charge in [-0.2, -0.15) is 0 Å². The number of benzene rings is 2. The van der Waals surface area contributed by atoms with E-state index in [1.807, 2.05) is 12.1 Å². The molecule has 4 heteroatoms. The fourth-order valence-electron chi connectivity index (χ4n) is 2.81. The van der Waals surface area contributed by atoms with Crippen LogP contribution in [-0.4, -0.2) is 24.1 Å². The molecule has 0 atom stereocenters. The van der Waals surface area contributed by atoms with E-state index in [2.05, 4.69) is 20.8 Å². The lowest BCUT2D eigenvalue weighted by molar-refractivity contribution is 0.104. The molecule has 0 bridgehead atoms. The molecule has 0 saturated carbocycles. The minimum absolute atomic E-state index is 0.121. The first-order chi connectivity index (χ1) is 13.6. The molecule has 0 saturated heterocycles. The highest BCUT2D eigenvalue weighted by atomic mass is 16.5. The standard InChI is InChI=1S/C24H30O4/c1-4-7-21-23(27-14-5-2)16-18(17-24(21)28-15-6-3)8-13-22(26)19-9-11-20(25)12-10-19/h8-13,16-17,25H,4-7,14-15H2,1-3H3/b13-8+. The smallest absolute Gasteiger partial charge is 0.185 e. The third-order valence-corrected chi connectivity index (χ3v) is 4.19. The van der Waals surface area contributed by atoms with E-state index in [9.17, 15) is 9.90 Å². The summed E-state index contributed by atoms with van der Waals surface area (Å²) in [5.74, 6) is 1.68. The second kappa shape index (κ2) is 11.2. The zero-order valence-electron chi connectivity index (χ0n) is 17.0. The van der Waals surface area contributed by atoms with Crippen LogP contribution in [0.3, 0.4) is 0 Å². The summed E-state index contributed by atoms with van der Waals surface area (Å²) >= 11 is 0. The van der Waals surface area contributed by atoms with Gasteiger partial charge >= 0.3 is 0 Å². The number of ether oxygens (including phenoxy) is 2. The number of phenols is 1. The van der Waals surface area contributed by atoms with Gasteiger partial charge in [0.2, 0.25) is 0 Å². The van der Waals surface area contributed by atoms with Gasteiger partial charge in [-0.3, -0.25) is 4.79 Å². The van der Waals surface area contributed by atoms with Gasteiger partial charge in [-0.15, -0.1) is 0 Å². The molecule has 0 aliphatic carbocycles. The summed E-state index contributed by atoms with van der Waals surface area (Å²) in [5.41, 5.74) is 2.48. The monoisotopic (exact) mass is 382 g/mol. The van der Waals surface area contributed by atoms with Gasteiger partial charge < -0.3 is 14.6 Å². The maximum atomic E-state index is 12.4. The molecule has 0 aliphatic heterocycles. The maximum Gasteiger partial charge on any atom is 0.185 e. The van der Waals surface area contributed by atoms with Crippen LogP contribution in [0.15, 0.2) is 42.5 Å². The number of carbonyl (C=O) groups is 1. The SMILES string of the molecule is CCCOc1cc(/C=C/C(=O)c2ccc(O)cc2)cc(OCCC)c1CCC. The van der Waals surface area contributed by atoms with Crippen LogP contribution in [0.5, 0.6) is 17.2 Å². The molecule has 0 amide bonds. The topological polar surface area (TPSA) is 55.8 Å². The third kappa shape index (κ3) is 6.15. The van der Waals surface area contributed by atoms with E-state index >= 15 is 0 Å². The predicted molar refractivity (Wildman–Crippen MR) is 113 cm³/mol. The number of rotatable bonds is 11. The van der Waals surface area contributed by atoms with Crippen molar-refractivity contribution in [2.45, 2.75) is 46.5 Å². The number of aromatic hydroxyl groups is 1. The molecule has 28 heavy (non-hydrogen) atoms. The van der Waals surface area contributed by atoms with Gasteiger partial charge in [0, 0.05) is 11.1 Å². The van der Waals surface area contributed by atoms with E-state index in [0.717, 1.165) is 48.3 Å². The van der Waals surface area contributed by atoms with E-state index in [1.54, 1.807) is 18.2 Å². The van der Waals surface area contributed by atoms with E-state index in [4.69, 9.17) is 9.47 Å². The average molecular weight is 383 g/mol. The first-order valence-electron chi connectivity index (χ1n) is 10.0. The van der Waals surface area contributed by atoms with Gasteiger partial charge in [0.25, 0.3) is 0 Å². The zero-order valence-corrected chi connectivity index (χ0v) is 17.0.